The number of nitrogens with zero attached hydrogens (tertiary/aromatic N) is 4. The highest BCUT2D eigenvalue weighted by Gasteiger charge is 2.34. The SMILES string of the molecule is CCc1ccccc1N1CC(c2nnc(NC(=O)N(CC)CC)s2)CC1=O. The minimum Gasteiger partial charge on any atom is -0.325 e. The van der Waals surface area contributed by atoms with Crippen LogP contribution in [0.3, 0.4) is 0 Å². The van der Waals surface area contributed by atoms with E-state index in [0.29, 0.717) is 31.2 Å². The van der Waals surface area contributed by atoms with E-state index >= 15 is 0 Å². The summed E-state index contributed by atoms with van der Waals surface area (Å²) in [5.41, 5.74) is 2.14. The summed E-state index contributed by atoms with van der Waals surface area (Å²) in [7, 11) is 0. The molecule has 0 saturated carbocycles. The first kappa shape index (κ1) is 19.3. The van der Waals surface area contributed by atoms with Gasteiger partial charge in [-0.15, -0.1) is 10.2 Å². The van der Waals surface area contributed by atoms with Gasteiger partial charge in [0.1, 0.15) is 5.01 Å². The number of anilines is 2. The summed E-state index contributed by atoms with van der Waals surface area (Å²) in [4.78, 5) is 28.3. The Bertz CT molecular complexity index is 818. The minimum atomic E-state index is -0.177. The highest BCUT2D eigenvalue weighted by Crippen LogP contribution is 2.35. The van der Waals surface area contributed by atoms with Crippen molar-refractivity contribution in [3.8, 4) is 0 Å². The van der Waals surface area contributed by atoms with Gasteiger partial charge in [-0.2, -0.15) is 0 Å². The number of para-hydroxylation sites is 1. The molecular formula is C19H25N5O2S. The van der Waals surface area contributed by atoms with Gasteiger partial charge in [-0.05, 0) is 31.9 Å². The smallest absolute Gasteiger partial charge is 0.323 e. The summed E-state index contributed by atoms with van der Waals surface area (Å²) in [6, 6.07) is 7.83. The first-order valence-corrected chi connectivity index (χ1v) is 10.2. The number of hydrogen-bond acceptors (Lipinski definition) is 5. The van der Waals surface area contributed by atoms with Gasteiger partial charge >= 0.3 is 6.03 Å². The molecule has 1 aromatic heterocycles. The first-order chi connectivity index (χ1) is 13.1. The summed E-state index contributed by atoms with van der Waals surface area (Å²) >= 11 is 1.35. The average molecular weight is 388 g/mol. The Morgan fingerprint density at radius 2 is 2.00 bits per heavy atom. The van der Waals surface area contributed by atoms with Crippen molar-refractivity contribution >= 4 is 34.1 Å². The van der Waals surface area contributed by atoms with Crippen molar-refractivity contribution in [3.63, 3.8) is 0 Å². The summed E-state index contributed by atoms with van der Waals surface area (Å²) in [6.45, 7) is 7.82. The fraction of sp³-hybridized carbons (Fsp3) is 0.474. The molecule has 8 heteroatoms. The number of nitrogens with one attached hydrogen (secondary N) is 1. The Morgan fingerprint density at radius 3 is 2.70 bits per heavy atom. The molecule has 1 N–H and O–H groups in total. The fourth-order valence-electron chi connectivity index (χ4n) is 3.31. The van der Waals surface area contributed by atoms with Crippen LogP contribution in [0.1, 0.15) is 43.7 Å². The van der Waals surface area contributed by atoms with Gasteiger partial charge in [-0.1, -0.05) is 36.5 Å². The second kappa shape index (κ2) is 8.47. The van der Waals surface area contributed by atoms with E-state index in [-0.39, 0.29) is 17.9 Å². The van der Waals surface area contributed by atoms with Crippen molar-refractivity contribution in [2.24, 2.45) is 0 Å². The van der Waals surface area contributed by atoms with E-state index in [0.717, 1.165) is 22.7 Å². The number of aryl methyl sites for hydroxylation is 1. The van der Waals surface area contributed by atoms with E-state index in [9.17, 15) is 9.59 Å². The van der Waals surface area contributed by atoms with Crippen molar-refractivity contribution in [2.45, 2.75) is 39.5 Å². The molecule has 1 atom stereocenters. The zero-order chi connectivity index (χ0) is 19.4. The highest BCUT2D eigenvalue weighted by molar-refractivity contribution is 7.15. The maximum Gasteiger partial charge on any atom is 0.323 e. The molecule has 2 heterocycles. The number of aromatic nitrogens is 2. The first-order valence-electron chi connectivity index (χ1n) is 9.34. The quantitative estimate of drug-likeness (QED) is 0.823. The molecule has 0 radical (unpaired) electrons. The van der Waals surface area contributed by atoms with Gasteiger partial charge in [0.2, 0.25) is 11.0 Å². The zero-order valence-electron chi connectivity index (χ0n) is 15.9. The van der Waals surface area contributed by atoms with E-state index < -0.39 is 0 Å². The molecule has 1 unspecified atom stereocenters. The van der Waals surface area contributed by atoms with Gasteiger partial charge < -0.3 is 9.80 Å². The van der Waals surface area contributed by atoms with E-state index in [2.05, 4.69) is 28.5 Å². The lowest BCUT2D eigenvalue weighted by Crippen LogP contribution is -2.34. The van der Waals surface area contributed by atoms with Crippen LogP contribution in [0.2, 0.25) is 0 Å². The number of carbonyl (C=O) groups excluding carboxylic acids is 2. The summed E-state index contributed by atoms with van der Waals surface area (Å²) in [5.74, 6) is 0.101. The standard InChI is InChI=1S/C19H25N5O2S/c1-4-13-9-7-8-10-15(13)24-12-14(11-16(24)25)17-21-22-18(27-17)20-19(26)23(5-2)6-3/h7-10,14H,4-6,11-12H2,1-3H3,(H,20,22,26). The van der Waals surface area contributed by atoms with Crippen LogP contribution in [-0.2, 0) is 11.2 Å². The van der Waals surface area contributed by atoms with Gasteiger partial charge in [0.05, 0.1) is 0 Å². The Hall–Kier alpha value is -2.48. The lowest BCUT2D eigenvalue weighted by Gasteiger charge is -2.19. The molecule has 3 amide bonds. The molecule has 1 saturated heterocycles. The number of urea groups is 1. The van der Waals surface area contributed by atoms with Crippen LogP contribution in [0.5, 0.6) is 0 Å². The van der Waals surface area contributed by atoms with E-state index in [1.54, 1.807) is 4.90 Å². The van der Waals surface area contributed by atoms with E-state index in [4.69, 9.17) is 0 Å². The Balaban J connectivity index is 1.71. The monoisotopic (exact) mass is 387 g/mol. The lowest BCUT2D eigenvalue weighted by atomic mass is 10.1. The Labute approximate surface area is 163 Å². The molecule has 1 aliphatic heterocycles. The predicted molar refractivity (Wildman–Crippen MR) is 107 cm³/mol. The van der Waals surface area contributed by atoms with Crippen molar-refractivity contribution < 1.29 is 9.59 Å². The molecule has 0 aliphatic carbocycles. The molecule has 2 aromatic rings. The van der Waals surface area contributed by atoms with Crippen LogP contribution in [0.15, 0.2) is 24.3 Å². The molecule has 0 spiro atoms. The number of carbonyl (C=O) groups is 2. The van der Waals surface area contributed by atoms with Crippen molar-refractivity contribution in [3.05, 3.63) is 34.8 Å². The second-order valence-electron chi connectivity index (χ2n) is 6.44. The number of rotatable bonds is 6. The third-order valence-corrected chi connectivity index (χ3v) is 5.84. The van der Waals surface area contributed by atoms with Crippen LogP contribution in [0.4, 0.5) is 15.6 Å². The minimum absolute atomic E-state index is 0.000910. The van der Waals surface area contributed by atoms with Crippen molar-refractivity contribution in [1.82, 2.24) is 15.1 Å². The van der Waals surface area contributed by atoms with Gasteiger partial charge in [-0.3, -0.25) is 10.1 Å². The van der Waals surface area contributed by atoms with E-state index in [1.807, 2.05) is 36.9 Å². The Morgan fingerprint density at radius 1 is 1.26 bits per heavy atom. The number of benzene rings is 1. The molecule has 27 heavy (non-hydrogen) atoms. The van der Waals surface area contributed by atoms with Crippen molar-refractivity contribution in [2.75, 3.05) is 29.9 Å². The van der Waals surface area contributed by atoms with Crippen LogP contribution >= 0.6 is 11.3 Å². The third kappa shape index (κ3) is 4.10. The predicted octanol–water partition coefficient (Wildman–Crippen LogP) is 3.49. The highest BCUT2D eigenvalue weighted by atomic mass is 32.1. The average Bonchev–Trinajstić information content (AvgIpc) is 3.29. The normalized spacial score (nSPS) is 16.6. The number of hydrogen-bond donors (Lipinski definition) is 1. The molecule has 7 nitrogen and oxygen atoms in total. The maximum atomic E-state index is 12.6. The van der Waals surface area contributed by atoms with Crippen molar-refractivity contribution in [1.29, 1.82) is 0 Å². The number of amides is 3. The van der Waals surface area contributed by atoms with Crippen LogP contribution < -0.4 is 10.2 Å². The Kier molecular flexibility index (Phi) is 6.05. The van der Waals surface area contributed by atoms with Gasteiger partial charge in [0.25, 0.3) is 0 Å². The molecular weight excluding hydrogens is 362 g/mol. The van der Waals surface area contributed by atoms with Crippen LogP contribution in [-0.4, -0.2) is 46.7 Å². The van der Waals surface area contributed by atoms with Gasteiger partial charge in [-0.25, -0.2) is 4.79 Å². The zero-order valence-corrected chi connectivity index (χ0v) is 16.8. The molecule has 1 fully saturated rings. The fourth-order valence-corrected chi connectivity index (χ4v) is 4.13. The second-order valence-corrected chi connectivity index (χ2v) is 7.44. The molecule has 1 aromatic carbocycles. The lowest BCUT2D eigenvalue weighted by molar-refractivity contribution is -0.117. The van der Waals surface area contributed by atoms with Crippen LogP contribution in [0.25, 0.3) is 0 Å². The molecule has 0 bridgehead atoms. The molecule has 1 aliphatic rings. The van der Waals surface area contributed by atoms with E-state index in [1.165, 1.54) is 11.3 Å². The third-order valence-electron chi connectivity index (χ3n) is 4.84. The van der Waals surface area contributed by atoms with Crippen LogP contribution in [0, 0.1) is 0 Å². The van der Waals surface area contributed by atoms with Gasteiger partial charge in [0, 0.05) is 37.7 Å². The summed E-state index contributed by atoms with van der Waals surface area (Å²) in [6.07, 6.45) is 1.29. The summed E-state index contributed by atoms with van der Waals surface area (Å²) in [5, 5.41) is 12.4. The van der Waals surface area contributed by atoms with Gasteiger partial charge in [0.15, 0.2) is 0 Å². The summed E-state index contributed by atoms with van der Waals surface area (Å²) < 4.78 is 0. The maximum absolute atomic E-state index is 12.6. The topological polar surface area (TPSA) is 78.4 Å². The molecule has 144 valence electrons. The molecule has 3 rings (SSSR count). The largest absolute Gasteiger partial charge is 0.325 e.